The van der Waals surface area contributed by atoms with Crippen LogP contribution in [0.15, 0.2) is 72.4 Å². The second-order valence-electron chi connectivity index (χ2n) is 6.66. The molecule has 0 radical (unpaired) electrons. The van der Waals surface area contributed by atoms with Gasteiger partial charge < -0.3 is 9.47 Å². The highest BCUT2D eigenvalue weighted by atomic mass is 32.2. The minimum absolute atomic E-state index is 0.0520. The van der Waals surface area contributed by atoms with Crippen LogP contribution in [0.1, 0.15) is 17.5 Å². The minimum Gasteiger partial charge on any atom is -0.337 e. The van der Waals surface area contributed by atoms with E-state index in [2.05, 4.69) is 14.7 Å². The lowest BCUT2D eigenvalue weighted by atomic mass is 10.2. The zero-order valence-corrected chi connectivity index (χ0v) is 16.9. The Balaban J connectivity index is 1.70. The van der Waals surface area contributed by atoms with E-state index in [9.17, 15) is 13.2 Å². The van der Waals surface area contributed by atoms with Gasteiger partial charge in [0.15, 0.2) is 0 Å². The van der Waals surface area contributed by atoms with Crippen LogP contribution in [0.4, 0.5) is 4.79 Å². The molecule has 0 bridgehead atoms. The van der Waals surface area contributed by atoms with Crippen LogP contribution >= 0.6 is 0 Å². The Morgan fingerprint density at radius 3 is 2.59 bits per heavy atom. The number of nitrogens with one attached hydrogen (secondary N) is 1. The zero-order valence-electron chi connectivity index (χ0n) is 16.1. The minimum atomic E-state index is -3.95. The number of carbonyl (C=O) groups is 1. The predicted molar refractivity (Wildman–Crippen MR) is 108 cm³/mol. The average molecular weight is 414 g/mol. The van der Waals surface area contributed by atoms with Gasteiger partial charge in [0, 0.05) is 44.4 Å². The standard InChI is InChI=1S/C20H23N5O3S/c1-17-5-7-19(8-6-17)29(27,28)23-20(26)25(15-18-4-2-9-21-14-18)12-3-11-24-13-10-22-16-24/h2,4-10,13-14,16H,3,11-12,15H2,1H3,(H,23,26). The third-order valence-electron chi connectivity index (χ3n) is 4.34. The van der Waals surface area contributed by atoms with Crippen molar-refractivity contribution in [3.05, 3.63) is 78.6 Å². The topological polar surface area (TPSA) is 97.2 Å². The predicted octanol–water partition coefficient (Wildman–Crippen LogP) is 2.58. The van der Waals surface area contributed by atoms with E-state index in [4.69, 9.17) is 0 Å². The normalized spacial score (nSPS) is 11.2. The molecule has 152 valence electrons. The lowest BCUT2D eigenvalue weighted by molar-refractivity contribution is 0.199. The molecule has 1 aromatic carbocycles. The summed E-state index contributed by atoms with van der Waals surface area (Å²) in [5.74, 6) is 0. The Morgan fingerprint density at radius 1 is 1.14 bits per heavy atom. The van der Waals surface area contributed by atoms with Gasteiger partial charge in [0.05, 0.1) is 11.2 Å². The summed E-state index contributed by atoms with van der Waals surface area (Å²) in [4.78, 5) is 22.4. The van der Waals surface area contributed by atoms with Crippen molar-refractivity contribution in [2.24, 2.45) is 0 Å². The average Bonchev–Trinajstić information content (AvgIpc) is 3.21. The SMILES string of the molecule is Cc1ccc(S(=O)(=O)NC(=O)N(CCCn2ccnc2)Cc2cccnc2)cc1. The quantitative estimate of drug-likeness (QED) is 0.612. The molecule has 0 saturated carbocycles. The molecule has 0 aliphatic carbocycles. The van der Waals surface area contributed by atoms with Crippen molar-refractivity contribution in [3.8, 4) is 0 Å². The first-order chi connectivity index (χ1) is 13.9. The van der Waals surface area contributed by atoms with Gasteiger partial charge in [0.25, 0.3) is 10.0 Å². The van der Waals surface area contributed by atoms with E-state index in [1.165, 1.54) is 17.0 Å². The maximum atomic E-state index is 12.8. The third-order valence-corrected chi connectivity index (χ3v) is 5.68. The fourth-order valence-corrected chi connectivity index (χ4v) is 3.75. The molecule has 0 spiro atoms. The number of pyridine rings is 1. The number of aromatic nitrogens is 3. The molecule has 2 amide bonds. The largest absolute Gasteiger partial charge is 0.337 e. The van der Waals surface area contributed by atoms with Crippen LogP contribution in [0, 0.1) is 6.92 Å². The molecular weight excluding hydrogens is 390 g/mol. The van der Waals surface area contributed by atoms with Crippen molar-refractivity contribution in [3.63, 3.8) is 0 Å². The first-order valence-corrected chi connectivity index (χ1v) is 10.7. The number of urea groups is 1. The second kappa shape index (κ2) is 9.33. The van der Waals surface area contributed by atoms with Crippen molar-refractivity contribution < 1.29 is 13.2 Å². The zero-order chi connectivity index (χ0) is 20.7. The van der Waals surface area contributed by atoms with Gasteiger partial charge in [-0.2, -0.15) is 0 Å². The van der Waals surface area contributed by atoms with Gasteiger partial charge in [-0.05, 0) is 37.1 Å². The maximum Gasteiger partial charge on any atom is 0.331 e. The first kappa shape index (κ1) is 20.5. The molecule has 1 N–H and O–H groups in total. The maximum absolute atomic E-state index is 12.8. The van der Waals surface area contributed by atoms with E-state index in [1.54, 1.807) is 43.1 Å². The second-order valence-corrected chi connectivity index (χ2v) is 8.34. The van der Waals surface area contributed by atoms with Crippen LogP contribution in [-0.2, 0) is 23.1 Å². The van der Waals surface area contributed by atoms with Crippen molar-refractivity contribution in [1.82, 2.24) is 24.2 Å². The van der Waals surface area contributed by atoms with Crippen LogP contribution in [0.3, 0.4) is 0 Å². The Hall–Kier alpha value is -3.20. The highest BCUT2D eigenvalue weighted by Gasteiger charge is 2.22. The number of hydrogen-bond acceptors (Lipinski definition) is 5. The van der Waals surface area contributed by atoms with Crippen LogP contribution in [0.5, 0.6) is 0 Å². The lowest BCUT2D eigenvalue weighted by Crippen LogP contribution is -2.43. The molecule has 0 aliphatic heterocycles. The number of imidazole rings is 1. The lowest BCUT2D eigenvalue weighted by Gasteiger charge is -2.23. The Labute approximate surface area is 170 Å². The molecule has 2 aromatic heterocycles. The van der Waals surface area contributed by atoms with Crippen molar-refractivity contribution >= 4 is 16.1 Å². The highest BCUT2D eigenvalue weighted by Crippen LogP contribution is 2.12. The fourth-order valence-electron chi connectivity index (χ4n) is 2.78. The van der Waals surface area contributed by atoms with E-state index < -0.39 is 16.1 Å². The Morgan fingerprint density at radius 2 is 1.93 bits per heavy atom. The molecule has 3 aromatic rings. The fraction of sp³-hybridized carbons (Fsp3) is 0.250. The molecule has 0 fully saturated rings. The third kappa shape index (κ3) is 5.89. The van der Waals surface area contributed by atoms with Gasteiger partial charge in [-0.3, -0.25) is 4.98 Å². The molecule has 0 atom stereocenters. The summed E-state index contributed by atoms with van der Waals surface area (Å²) < 4.78 is 29.3. The summed E-state index contributed by atoms with van der Waals surface area (Å²) in [7, 11) is -3.95. The van der Waals surface area contributed by atoms with E-state index >= 15 is 0 Å². The summed E-state index contributed by atoms with van der Waals surface area (Å²) in [5, 5.41) is 0. The van der Waals surface area contributed by atoms with Crippen LogP contribution in [-0.4, -0.2) is 40.4 Å². The van der Waals surface area contributed by atoms with E-state index in [1.807, 2.05) is 23.8 Å². The van der Waals surface area contributed by atoms with Crippen LogP contribution in [0.2, 0.25) is 0 Å². The van der Waals surface area contributed by atoms with Gasteiger partial charge >= 0.3 is 6.03 Å². The summed E-state index contributed by atoms with van der Waals surface area (Å²) in [6, 6.07) is 9.30. The Bertz CT molecular complexity index is 1020. The van der Waals surface area contributed by atoms with Gasteiger partial charge in [-0.1, -0.05) is 23.8 Å². The van der Waals surface area contributed by atoms with E-state index in [0.717, 1.165) is 11.1 Å². The van der Waals surface area contributed by atoms with E-state index in [-0.39, 0.29) is 11.4 Å². The van der Waals surface area contributed by atoms with Gasteiger partial charge in [-0.15, -0.1) is 0 Å². The molecule has 0 saturated heterocycles. The number of carbonyl (C=O) groups excluding carboxylic acids is 1. The van der Waals surface area contributed by atoms with Crippen LogP contribution < -0.4 is 4.72 Å². The number of aryl methyl sites for hydroxylation is 2. The molecule has 8 nitrogen and oxygen atoms in total. The summed E-state index contributed by atoms with van der Waals surface area (Å²) in [6.07, 6.45) is 9.18. The van der Waals surface area contributed by atoms with Gasteiger partial charge in [0.2, 0.25) is 0 Å². The number of nitrogens with zero attached hydrogens (tertiary/aromatic N) is 4. The smallest absolute Gasteiger partial charge is 0.331 e. The number of rotatable bonds is 8. The number of sulfonamides is 1. The molecule has 9 heteroatoms. The number of amides is 2. The number of benzene rings is 1. The van der Waals surface area contributed by atoms with Crippen molar-refractivity contribution in [2.75, 3.05) is 6.54 Å². The first-order valence-electron chi connectivity index (χ1n) is 9.17. The summed E-state index contributed by atoms with van der Waals surface area (Å²) in [5.41, 5.74) is 1.76. The van der Waals surface area contributed by atoms with E-state index in [0.29, 0.717) is 19.5 Å². The number of hydrogen-bond donors (Lipinski definition) is 1. The summed E-state index contributed by atoms with van der Waals surface area (Å²) >= 11 is 0. The Kier molecular flexibility index (Phi) is 6.61. The molecule has 29 heavy (non-hydrogen) atoms. The molecule has 0 aliphatic rings. The molecule has 0 unspecified atom stereocenters. The molecule has 2 heterocycles. The highest BCUT2D eigenvalue weighted by molar-refractivity contribution is 7.90. The van der Waals surface area contributed by atoms with Crippen molar-refractivity contribution in [2.45, 2.75) is 31.3 Å². The monoisotopic (exact) mass is 413 g/mol. The van der Waals surface area contributed by atoms with Crippen LogP contribution in [0.25, 0.3) is 0 Å². The van der Waals surface area contributed by atoms with Gasteiger partial charge in [0.1, 0.15) is 0 Å². The van der Waals surface area contributed by atoms with Crippen molar-refractivity contribution in [1.29, 1.82) is 0 Å². The molecular formula is C20H23N5O3S. The molecule has 3 rings (SSSR count). The van der Waals surface area contributed by atoms with Gasteiger partial charge in [-0.25, -0.2) is 22.9 Å². The summed E-state index contributed by atoms with van der Waals surface area (Å²) in [6.45, 7) is 3.17.